The molecule has 1 fully saturated rings. The highest BCUT2D eigenvalue weighted by molar-refractivity contribution is 6.30. The summed E-state index contributed by atoms with van der Waals surface area (Å²) in [6.45, 7) is 0.477. The molecule has 1 amide bonds. The molecule has 0 radical (unpaired) electrons. The SMILES string of the molecule is O=C(O)/C=C/C(=O)N(Cc1ccc(Cl)cc1)C1CC1. The molecule has 4 nitrogen and oxygen atoms in total. The first kappa shape index (κ1) is 13.6. The van der Waals surface area contributed by atoms with Crippen molar-refractivity contribution in [2.75, 3.05) is 0 Å². The predicted molar refractivity (Wildman–Crippen MR) is 71.8 cm³/mol. The van der Waals surface area contributed by atoms with E-state index in [1.165, 1.54) is 0 Å². The van der Waals surface area contributed by atoms with Gasteiger partial charge in [-0.3, -0.25) is 4.79 Å². The Balaban J connectivity index is 2.06. The van der Waals surface area contributed by atoms with E-state index < -0.39 is 5.97 Å². The lowest BCUT2D eigenvalue weighted by molar-refractivity contribution is -0.132. The highest BCUT2D eigenvalue weighted by Gasteiger charge is 2.31. The highest BCUT2D eigenvalue weighted by Crippen LogP contribution is 2.28. The fraction of sp³-hybridized carbons (Fsp3) is 0.286. The second-order valence-corrected chi connectivity index (χ2v) is 4.93. The van der Waals surface area contributed by atoms with Crippen LogP contribution in [0, 0.1) is 0 Å². The van der Waals surface area contributed by atoms with E-state index in [0.29, 0.717) is 11.6 Å². The number of amides is 1. The quantitative estimate of drug-likeness (QED) is 0.843. The molecular formula is C14H14ClNO3. The molecule has 0 spiro atoms. The zero-order valence-electron chi connectivity index (χ0n) is 10.3. The van der Waals surface area contributed by atoms with Gasteiger partial charge < -0.3 is 10.0 Å². The molecule has 1 aliphatic rings. The molecule has 19 heavy (non-hydrogen) atoms. The predicted octanol–water partition coefficient (Wildman–Crippen LogP) is 2.47. The maximum atomic E-state index is 12.0. The van der Waals surface area contributed by atoms with Gasteiger partial charge in [-0.25, -0.2) is 4.79 Å². The van der Waals surface area contributed by atoms with Crippen LogP contribution < -0.4 is 0 Å². The standard InChI is InChI=1S/C14H14ClNO3/c15-11-3-1-10(2-4-11)9-16(12-5-6-12)13(17)7-8-14(18)19/h1-4,7-8,12H,5-6,9H2,(H,18,19)/b8-7+. The molecule has 0 unspecified atom stereocenters. The number of carbonyl (C=O) groups excluding carboxylic acids is 1. The lowest BCUT2D eigenvalue weighted by Gasteiger charge is -2.20. The lowest BCUT2D eigenvalue weighted by Crippen LogP contribution is -2.31. The highest BCUT2D eigenvalue weighted by atomic mass is 35.5. The van der Waals surface area contributed by atoms with Crippen LogP contribution in [0.3, 0.4) is 0 Å². The Hall–Kier alpha value is -1.81. The van der Waals surface area contributed by atoms with Crippen molar-refractivity contribution in [2.45, 2.75) is 25.4 Å². The van der Waals surface area contributed by atoms with Crippen LogP contribution in [0.15, 0.2) is 36.4 Å². The van der Waals surface area contributed by atoms with Crippen LogP contribution in [0.2, 0.25) is 5.02 Å². The first-order valence-electron chi connectivity index (χ1n) is 6.02. The fourth-order valence-electron chi connectivity index (χ4n) is 1.80. The third-order valence-corrected chi connectivity index (χ3v) is 3.16. The van der Waals surface area contributed by atoms with Crippen molar-refractivity contribution < 1.29 is 14.7 Å². The van der Waals surface area contributed by atoms with E-state index in [4.69, 9.17) is 16.7 Å². The van der Waals surface area contributed by atoms with Crippen molar-refractivity contribution >= 4 is 23.5 Å². The summed E-state index contributed by atoms with van der Waals surface area (Å²) >= 11 is 5.81. The molecule has 1 aromatic carbocycles. The maximum absolute atomic E-state index is 12.0. The van der Waals surface area contributed by atoms with Gasteiger partial charge in [0.15, 0.2) is 0 Å². The Kier molecular flexibility index (Phi) is 4.22. The van der Waals surface area contributed by atoms with E-state index in [1.54, 1.807) is 17.0 Å². The minimum absolute atomic E-state index is 0.224. The first-order chi connectivity index (χ1) is 9.06. The number of carboxylic acid groups (broad SMARTS) is 1. The van der Waals surface area contributed by atoms with Crippen LogP contribution in [-0.4, -0.2) is 27.9 Å². The van der Waals surface area contributed by atoms with Crippen LogP contribution in [0.4, 0.5) is 0 Å². The number of carboxylic acids is 1. The molecule has 100 valence electrons. The first-order valence-corrected chi connectivity index (χ1v) is 6.40. The number of hydrogen-bond donors (Lipinski definition) is 1. The average molecular weight is 280 g/mol. The molecule has 1 N–H and O–H groups in total. The van der Waals surface area contributed by atoms with Crippen molar-refractivity contribution in [1.82, 2.24) is 4.90 Å². The van der Waals surface area contributed by atoms with Crippen LogP contribution >= 0.6 is 11.6 Å². The largest absolute Gasteiger partial charge is 0.478 e. The van der Waals surface area contributed by atoms with Gasteiger partial charge in [-0.15, -0.1) is 0 Å². The van der Waals surface area contributed by atoms with Crippen molar-refractivity contribution in [1.29, 1.82) is 0 Å². The Bertz CT molecular complexity index is 506. The normalized spacial score (nSPS) is 14.6. The Morgan fingerprint density at radius 3 is 2.42 bits per heavy atom. The van der Waals surface area contributed by atoms with E-state index in [9.17, 15) is 9.59 Å². The second kappa shape index (κ2) is 5.89. The number of halogens is 1. The number of rotatable bonds is 5. The molecule has 1 aliphatic carbocycles. The Morgan fingerprint density at radius 2 is 1.89 bits per heavy atom. The van der Waals surface area contributed by atoms with Crippen LogP contribution in [0.25, 0.3) is 0 Å². The number of nitrogens with zero attached hydrogens (tertiary/aromatic N) is 1. The van der Waals surface area contributed by atoms with E-state index in [-0.39, 0.29) is 11.9 Å². The maximum Gasteiger partial charge on any atom is 0.328 e. The molecule has 0 saturated heterocycles. The Labute approximate surface area is 116 Å². The summed E-state index contributed by atoms with van der Waals surface area (Å²) in [5, 5.41) is 9.20. The molecule has 1 aromatic rings. The molecule has 1 saturated carbocycles. The minimum atomic E-state index is -1.12. The van der Waals surface area contributed by atoms with Gasteiger partial charge in [0.05, 0.1) is 0 Å². The van der Waals surface area contributed by atoms with Crippen molar-refractivity contribution in [3.05, 3.63) is 47.0 Å². The van der Waals surface area contributed by atoms with Gasteiger partial charge in [-0.05, 0) is 30.5 Å². The minimum Gasteiger partial charge on any atom is -0.478 e. The molecule has 5 heteroatoms. The average Bonchev–Trinajstić information content (AvgIpc) is 3.19. The van der Waals surface area contributed by atoms with Crippen LogP contribution in [0.5, 0.6) is 0 Å². The lowest BCUT2D eigenvalue weighted by atomic mass is 10.2. The summed E-state index contributed by atoms with van der Waals surface area (Å²) in [6.07, 6.45) is 3.93. The van der Waals surface area contributed by atoms with Gasteiger partial charge >= 0.3 is 5.97 Å². The van der Waals surface area contributed by atoms with Crippen molar-refractivity contribution in [2.24, 2.45) is 0 Å². The topological polar surface area (TPSA) is 57.6 Å². The van der Waals surface area contributed by atoms with E-state index in [0.717, 1.165) is 30.6 Å². The molecule has 0 bridgehead atoms. The summed E-state index contributed by atoms with van der Waals surface area (Å²) in [5.41, 5.74) is 0.980. The molecule has 0 aromatic heterocycles. The van der Waals surface area contributed by atoms with E-state index >= 15 is 0 Å². The third kappa shape index (κ3) is 4.10. The Morgan fingerprint density at radius 1 is 1.26 bits per heavy atom. The van der Waals surface area contributed by atoms with Gasteiger partial charge in [0, 0.05) is 29.8 Å². The number of carbonyl (C=O) groups is 2. The number of hydrogen-bond acceptors (Lipinski definition) is 2. The van der Waals surface area contributed by atoms with Gasteiger partial charge in [0.2, 0.25) is 5.91 Å². The summed E-state index contributed by atoms with van der Waals surface area (Å²) in [5.74, 6) is -1.38. The fourth-order valence-corrected chi connectivity index (χ4v) is 1.92. The number of benzene rings is 1. The second-order valence-electron chi connectivity index (χ2n) is 4.50. The van der Waals surface area contributed by atoms with Crippen LogP contribution in [-0.2, 0) is 16.1 Å². The molecule has 0 heterocycles. The van der Waals surface area contributed by atoms with Gasteiger partial charge in [-0.1, -0.05) is 23.7 Å². The van der Waals surface area contributed by atoms with Crippen molar-refractivity contribution in [3.8, 4) is 0 Å². The third-order valence-electron chi connectivity index (χ3n) is 2.91. The zero-order valence-corrected chi connectivity index (χ0v) is 11.0. The monoisotopic (exact) mass is 279 g/mol. The van der Waals surface area contributed by atoms with Crippen molar-refractivity contribution in [3.63, 3.8) is 0 Å². The molecule has 2 rings (SSSR count). The van der Waals surface area contributed by atoms with Gasteiger partial charge in [-0.2, -0.15) is 0 Å². The summed E-state index contributed by atoms with van der Waals surface area (Å²) < 4.78 is 0. The van der Waals surface area contributed by atoms with Crippen LogP contribution in [0.1, 0.15) is 18.4 Å². The van der Waals surface area contributed by atoms with E-state index in [2.05, 4.69) is 0 Å². The summed E-state index contributed by atoms with van der Waals surface area (Å²) in [7, 11) is 0. The van der Waals surface area contributed by atoms with E-state index in [1.807, 2.05) is 12.1 Å². The zero-order chi connectivity index (χ0) is 13.8. The molecule has 0 aliphatic heterocycles. The summed E-state index contributed by atoms with van der Waals surface area (Å²) in [6, 6.07) is 7.51. The molecular weight excluding hydrogens is 266 g/mol. The van der Waals surface area contributed by atoms with Gasteiger partial charge in [0.25, 0.3) is 0 Å². The molecule has 0 atom stereocenters. The van der Waals surface area contributed by atoms with Gasteiger partial charge in [0.1, 0.15) is 0 Å². The number of aliphatic carboxylic acids is 1. The summed E-state index contributed by atoms with van der Waals surface area (Å²) in [4.78, 5) is 24.1. The smallest absolute Gasteiger partial charge is 0.328 e.